The maximum Gasteiger partial charge on any atom is 0.408 e. The normalized spacial score (nSPS) is 30.1. The topological polar surface area (TPSA) is 87.5 Å². The van der Waals surface area contributed by atoms with Crippen LogP contribution in [0.5, 0.6) is 0 Å². The number of carbonyl (C=O) groups is 3. The highest BCUT2D eigenvalue weighted by Crippen LogP contribution is 2.51. The molecule has 0 saturated carbocycles. The number of unbranched alkanes of at least 4 members (excludes halogenated alkanes) is 2. The first-order chi connectivity index (χ1) is 13.8. The van der Waals surface area contributed by atoms with Crippen molar-refractivity contribution in [1.29, 1.82) is 0 Å². The largest absolute Gasteiger partial charge is 0.449 e. The summed E-state index contributed by atoms with van der Waals surface area (Å²) in [6, 6.07) is 6.43. The van der Waals surface area contributed by atoms with Crippen LogP contribution in [-0.2, 0) is 4.74 Å². The Labute approximate surface area is 176 Å². The molecular weight excluding hydrogens is 394 g/mol. The molecule has 2 fully saturated rings. The second-order valence-corrected chi connectivity index (χ2v) is 8.84. The van der Waals surface area contributed by atoms with Gasteiger partial charge in [-0.15, -0.1) is 11.6 Å². The molecule has 4 atom stereocenters. The summed E-state index contributed by atoms with van der Waals surface area (Å²) in [6.07, 6.45) is 3.92. The Morgan fingerprint density at radius 2 is 2.10 bits per heavy atom. The van der Waals surface area contributed by atoms with Crippen molar-refractivity contribution >= 4 is 29.9 Å². The number of benzene rings is 1. The fraction of sp³-hybridized carbons (Fsp3) is 0.571. The average molecular weight is 422 g/mol. The number of halogens is 1. The highest BCUT2D eigenvalue weighted by atomic mass is 35.5. The van der Waals surface area contributed by atoms with Crippen LogP contribution in [0.25, 0.3) is 0 Å². The van der Waals surface area contributed by atoms with Gasteiger partial charge in [-0.1, -0.05) is 58.2 Å². The Kier molecular flexibility index (Phi) is 6.19. The Bertz CT molecular complexity index is 800. The molecule has 2 amide bonds. The van der Waals surface area contributed by atoms with E-state index in [0.29, 0.717) is 11.8 Å². The van der Waals surface area contributed by atoms with Crippen molar-refractivity contribution in [1.82, 2.24) is 15.8 Å². The quantitative estimate of drug-likeness (QED) is 0.304. The molecule has 0 bridgehead atoms. The van der Waals surface area contributed by atoms with Gasteiger partial charge in [0.25, 0.3) is 5.91 Å². The van der Waals surface area contributed by atoms with Gasteiger partial charge in [-0.05, 0) is 12.5 Å². The van der Waals surface area contributed by atoms with Crippen molar-refractivity contribution in [2.24, 2.45) is 5.41 Å². The molecule has 29 heavy (non-hydrogen) atoms. The molecule has 2 saturated heterocycles. The SMILES string of the molecule is CCCCC[C@H]1N(NC(=O)c2ccccc2C=O)[C@]12NC(=O)OCC(C)(C)[C@@H]2Cl. The molecule has 3 rings (SSSR count). The van der Waals surface area contributed by atoms with Gasteiger partial charge < -0.3 is 4.74 Å². The van der Waals surface area contributed by atoms with E-state index in [1.807, 2.05) is 13.8 Å². The van der Waals surface area contributed by atoms with Gasteiger partial charge in [0.1, 0.15) is 5.66 Å². The minimum absolute atomic E-state index is 0.159. The number of alkyl carbamates (subject to hydrolysis) is 1. The van der Waals surface area contributed by atoms with Gasteiger partial charge in [0, 0.05) is 11.0 Å². The zero-order chi connectivity index (χ0) is 21.2. The highest BCUT2D eigenvalue weighted by Gasteiger charge is 2.72. The smallest absolute Gasteiger partial charge is 0.408 e. The number of aldehydes is 1. The second-order valence-electron chi connectivity index (χ2n) is 8.41. The number of hydrazine groups is 1. The summed E-state index contributed by atoms with van der Waals surface area (Å²) < 4.78 is 5.29. The third-order valence-corrected chi connectivity index (χ3v) is 6.66. The van der Waals surface area contributed by atoms with Crippen LogP contribution >= 0.6 is 11.6 Å². The van der Waals surface area contributed by atoms with Gasteiger partial charge >= 0.3 is 6.09 Å². The number of alkyl halides is 1. The van der Waals surface area contributed by atoms with Crippen LogP contribution in [0, 0.1) is 5.41 Å². The van der Waals surface area contributed by atoms with Crippen molar-refractivity contribution in [2.75, 3.05) is 6.61 Å². The lowest BCUT2D eigenvalue weighted by Gasteiger charge is -2.31. The van der Waals surface area contributed by atoms with E-state index in [0.717, 1.165) is 25.7 Å². The first-order valence-corrected chi connectivity index (χ1v) is 10.4. The number of nitrogens with one attached hydrogen (secondary N) is 2. The number of carbonyl (C=O) groups excluding carboxylic acids is 3. The zero-order valence-corrected chi connectivity index (χ0v) is 17.8. The van der Waals surface area contributed by atoms with Crippen LogP contribution in [0.4, 0.5) is 4.79 Å². The van der Waals surface area contributed by atoms with Gasteiger partial charge in [0.05, 0.1) is 23.6 Å². The number of hydrogen-bond acceptors (Lipinski definition) is 5. The standard InChI is InChI=1S/C21H28ClN3O4/c1-4-5-6-11-16-21(18(22)20(2,3)13-29-19(28)23-21)25(16)24-17(27)15-10-8-7-9-14(15)12-26/h7-10,12,16,18H,4-6,11,13H2,1-3H3,(H,23,28)(H,24,27)/t16-,18+,21-,25?/m1/s1. The van der Waals surface area contributed by atoms with E-state index in [9.17, 15) is 14.4 Å². The number of amides is 2. The molecule has 158 valence electrons. The molecule has 0 aliphatic carbocycles. The maximum absolute atomic E-state index is 12.9. The van der Waals surface area contributed by atoms with Crippen LogP contribution in [0.3, 0.4) is 0 Å². The molecule has 0 radical (unpaired) electrons. The van der Waals surface area contributed by atoms with Crippen LogP contribution in [0.15, 0.2) is 24.3 Å². The predicted octanol–water partition coefficient (Wildman–Crippen LogP) is 3.48. The van der Waals surface area contributed by atoms with Crippen molar-refractivity contribution in [3.8, 4) is 0 Å². The summed E-state index contributed by atoms with van der Waals surface area (Å²) in [5.41, 5.74) is 2.03. The molecule has 2 heterocycles. The van der Waals surface area contributed by atoms with Crippen LogP contribution in [0.2, 0.25) is 0 Å². The fourth-order valence-electron chi connectivity index (χ4n) is 4.07. The Hall–Kier alpha value is -2.12. The van der Waals surface area contributed by atoms with E-state index in [-0.39, 0.29) is 18.2 Å². The first-order valence-electron chi connectivity index (χ1n) is 10.0. The zero-order valence-electron chi connectivity index (χ0n) is 17.0. The molecule has 0 aromatic heterocycles. The summed E-state index contributed by atoms with van der Waals surface area (Å²) >= 11 is 6.88. The number of rotatable bonds is 7. The summed E-state index contributed by atoms with van der Waals surface area (Å²) in [5.74, 6) is -0.411. The predicted molar refractivity (Wildman–Crippen MR) is 110 cm³/mol. The van der Waals surface area contributed by atoms with Gasteiger partial charge in [0.2, 0.25) is 0 Å². The lowest BCUT2D eigenvalue weighted by Crippen LogP contribution is -2.53. The number of cyclic esters (lactones) is 1. The van der Waals surface area contributed by atoms with E-state index >= 15 is 0 Å². The molecule has 2 aliphatic rings. The highest BCUT2D eigenvalue weighted by molar-refractivity contribution is 6.22. The summed E-state index contributed by atoms with van der Waals surface area (Å²) in [6.45, 7) is 6.19. The minimum atomic E-state index is -0.932. The molecule has 1 aromatic carbocycles. The average Bonchev–Trinajstić information content (AvgIpc) is 3.32. The molecule has 8 heteroatoms. The molecular formula is C21H28ClN3O4. The Morgan fingerprint density at radius 3 is 2.79 bits per heavy atom. The van der Waals surface area contributed by atoms with Gasteiger partial charge in [-0.2, -0.15) is 5.01 Å². The van der Waals surface area contributed by atoms with E-state index in [1.165, 1.54) is 0 Å². The lowest BCUT2D eigenvalue weighted by atomic mass is 9.84. The van der Waals surface area contributed by atoms with E-state index in [2.05, 4.69) is 17.7 Å². The molecule has 1 spiro atoms. The van der Waals surface area contributed by atoms with Crippen molar-refractivity contribution in [3.63, 3.8) is 0 Å². The second kappa shape index (κ2) is 8.32. The molecule has 2 N–H and O–H groups in total. The Balaban J connectivity index is 1.89. The lowest BCUT2D eigenvalue weighted by molar-refractivity contribution is 0.0849. The number of ether oxygens (including phenoxy) is 1. The van der Waals surface area contributed by atoms with Crippen molar-refractivity contribution in [3.05, 3.63) is 35.4 Å². The third kappa shape index (κ3) is 3.98. The van der Waals surface area contributed by atoms with Gasteiger partial charge in [0.15, 0.2) is 6.29 Å². The first kappa shape index (κ1) is 21.6. The summed E-state index contributed by atoms with van der Waals surface area (Å²) in [7, 11) is 0. The molecule has 2 aliphatic heterocycles. The molecule has 7 nitrogen and oxygen atoms in total. The van der Waals surface area contributed by atoms with E-state index in [4.69, 9.17) is 16.3 Å². The molecule has 1 aromatic rings. The maximum atomic E-state index is 12.9. The summed E-state index contributed by atoms with van der Waals surface area (Å²) in [5, 5.41) is 4.13. The third-order valence-electron chi connectivity index (χ3n) is 5.74. The summed E-state index contributed by atoms with van der Waals surface area (Å²) in [4.78, 5) is 36.5. The monoisotopic (exact) mass is 421 g/mol. The van der Waals surface area contributed by atoms with Gasteiger partial charge in [-0.3, -0.25) is 20.3 Å². The number of nitrogens with zero attached hydrogens (tertiary/aromatic N) is 1. The Morgan fingerprint density at radius 1 is 1.38 bits per heavy atom. The number of hydrogen-bond donors (Lipinski definition) is 2. The minimum Gasteiger partial charge on any atom is -0.449 e. The molecule has 1 unspecified atom stereocenters. The van der Waals surface area contributed by atoms with Crippen molar-refractivity contribution < 1.29 is 19.1 Å². The van der Waals surface area contributed by atoms with Crippen LogP contribution < -0.4 is 10.7 Å². The van der Waals surface area contributed by atoms with Crippen LogP contribution in [0.1, 0.15) is 67.2 Å². The van der Waals surface area contributed by atoms with Crippen molar-refractivity contribution in [2.45, 2.75) is 63.5 Å². The fourth-order valence-corrected chi connectivity index (χ4v) is 4.43. The van der Waals surface area contributed by atoms with Gasteiger partial charge in [-0.25, -0.2) is 4.79 Å². The van der Waals surface area contributed by atoms with E-state index < -0.39 is 28.5 Å². The van der Waals surface area contributed by atoms with Crippen LogP contribution in [-0.4, -0.2) is 47.0 Å². The van der Waals surface area contributed by atoms with E-state index in [1.54, 1.807) is 29.3 Å².